The van der Waals surface area contributed by atoms with Crippen LogP contribution in [-0.2, 0) is 14.8 Å². The zero-order valence-corrected chi connectivity index (χ0v) is 17.7. The van der Waals surface area contributed by atoms with Crippen LogP contribution in [0.5, 0.6) is 0 Å². The summed E-state index contributed by atoms with van der Waals surface area (Å²) in [6.45, 7) is 2.77. The Labute approximate surface area is 171 Å². The third kappa shape index (κ3) is 5.66. The number of benzene rings is 1. The summed E-state index contributed by atoms with van der Waals surface area (Å²) >= 11 is 6.00. The van der Waals surface area contributed by atoms with Gasteiger partial charge in [0.25, 0.3) is 5.91 Å². The second-order valence-electron chi connectivity index (χ2n) is 7.08. The van der Waals surface area contributed by atoms with E-state index in [1.165, 1.54) is 32.3 Å². The van der Waals surface area contributed by atoms with Gasteiger partial charge in [-0.25, -0.2) is 12.7 Å². The van der Waals surface area contributed by atoms with Gasteiger partial charge >= 0.3 is 0 Å². The number of nitrogens with two attached hydrogens (primary N) is 1. The number of nitrogens with one attached hydrogen (secondary N) is 1. The molecule has 1 aromatic rings. The maximum atomic E-state index is 12.4. The molecule has 0 bridgehead atoms. The first-order valence-electron chi connectivity index (χ1n) is 9.15. The van der Waals surface area contributed by atoms with Gasteiger partial charge in [0.1, 0.15) is 4.90 Å². The van der Waals surface area contributed by atoms with Crippen LogP contribution in [0, 0.1) is 5.92 Å². The van der Waals surface area contributed by atoms with Gasteiger partial charge in [-0.15, -0.1) is 0 Å². The van der Waals surface area contributed by atoms with Gasteiger partial charge < -0.3 is 16.0 Å². The topological polar surface area (TPSA) is 113 Å². The van der Waals surface area contributed by atoms with Crippen molar-refractivity contribution < 1.29 is 18.0 Å². The van der Waals surface area contributed by atoms with E-state index in [9.17, 15) is 18.0 Å². The highest BCUT2D eigenvalue weighted by atomic mass is 35.5. The summed E-state index contributed by atoms with van der Waals surface area (Å²) in [6.07, 6.45) is 2.48. The third-order valence-corrected chi connectivity index (χ3v) is 7.09. The summed E-state index contributed by atoms with van der Waals surface area (Å²) < 4.78 is 25.7. The maximum absolute atomic E-state index is 12.4. The standard InChI is InChI=1S/C18H27ClN4O4S/c1-22(2)28(26,27)16-11-13(6-7-15(16)19)18(25)21-8-4-10-23-9-3-5-14(12-23)17(20)24/h6-7,11,14H,3-5,8-10,12H2,1-2H3,(H2,20,24)(H,21,25). The molecule has 1 saturated heterocycles. The summed E-state index contributed by atoms with van der Waals surface area (Å²) in [5.74, 6) is -0.723. The summed E-state index contributed by atoms with van der Waals surface area (Å²) in [7, 11) is -0.930. The number of rotatable bonds is 8. The van der Waals surface area contributed by atoms with Crippen LogP contribution in [0.25, 0.3) is 0 Å². The molecule has 1 aromatic carbocycles. The molecule has 1 aliphatic heterocycles. The molecule has 1 unspecified atom stereocenters. The minimum atomic E-state index is -3.74. The van der Waals surface area contributed by atoms with Crippen LogP contribution in [0.4, 0.5) is 0 Å². The van der Waals surface area contributed by atoms with Crippen LogP contribution in [-0.4, -0.2) is 69.7 Å². The van der Waals surface area contributed by atoms with Crippen molar-refractivity contribution in [1.29, 1.82) is 0 Å². The smallest absolute Gasteiger partial charge is 0.251 e. The molecule has 0 radical (unpaired) electrons. The fourth-order valence-corrected chi connectivity index (χ4v) is 4.53. The Balaban J connectivity index is 1.89. The van der Waals surface area contributed by atoms with Gasteiger partial charge in [-0.1, -0.05) is 11.6 Å². The number of hydrogen-bond acceptors (Lipinski definition) is 5. The Bertz CT molecular complexity index is 829. The normalized spacial score (nSPS) is 18.2. The third-order valence-electron chi connectivity index (χ3n) is 4.80. The number of carbonyl (C=O) groups is 2. The van der Waals surface area contributed by atoms with Gasteiger partial charge in [-0.05, 0) is 50.6 Å². The van der Waals surface area contributed by atoms with Crippen molar-refractivity contribution in [2.24, 2.45) is 11.7 Å². The Hall–Kier alpha value is -1.68. The van der Waals surface area contributed by atoms with Crippen molar-refractivity contribution in [3.8, 4) is 0 Å². The molecule has 10 heteroatoms. The highest BCUT2D eigenvalue weighted by Gasteiger charge is 2.24. The number of halogens is 1. The predicted octanol–water partition coefficient (Wildman–Crippen LogP) is 0.908. The molecule has 8 nitrogen and oxygen atoms in total. The average molecular weight is 431 g/mol. The quantitative estimate of drug-likeness (QED) is 0.595. The molecule has 0 spiro atoms. The second-order valence-corrected chi connectivity index (χ2v) is 9.61. The molecule has 0 saturated carbocycles. The van der Waals surface area contributed by atoms with E-state index in [0.717, 1.165) is 30.2 Å². The van der Waals surface area contributed by atoms with Gasteiger partial charge in [-0.2, -0.15) is 0 Å². The van der Waals surface area contributed by atoms with Crippen LogP contribution < -0.4 is 11.1 Å². The lowest BCUT2D eigenvalue weighted by Gasteiger charge is -2.31. The van der Waals surface area contributed by atoms with E-state index in [1.807, 2.05) is 0 Å². The van der Waals surface area contributed by atoms with Gasteiger partial charge in [0, 0.05) is 32.7 Å². The molecule has 2 rings (SSSR count). The van der Waals surface area contributed by atoms with Gasteiger partial charge in [-0.3, -0.25) is 9.59 Å². The molecule has 1 aliphatic rings. The molecule has 28 heavy (non-hydrogen) atoms. The van der Waals surface area contributed by atoms with Crippen LogP contribution in [0.15, 0.2) is 23.1 Å². The lowest BCUT2D eigenvalue weighted by Crippen LogP contribution is -2.42. The predicted molar refractivity (Wildman–Crippen MR) is 108 cm³/mol. The molecule has 1 heterocycles. The number of carbonyl (C=O) groups excluding carboxylic acids is 2. The number of primary amides is 1. The van der Waals surface area contributed by atoms with E-state index in [0.29, 0.717) is 19.5 Å². The molecule has 1 fully saturated rings. The van der Waals surface area contributed by atoms with E-state index in [-0.39, 0.29) is 33.2 Å². The largest absolute Gasteiger partial charge is 0.369 e. The van der Waals surface area contributed by atoms with E-state index in [2.05, 4.69) is 10.2 Å². The number of nitrogens with zero attached hydrogens (tertiary/aromatic N) is 2. The zero-order chi connectivity index (χ0) is 20.9. The SMILES string of the molecule is CN(C)S(=O)(=O)c1cc(C(=O)NCCCN2CCCC(C(N)=O)C2)ccc1Cl. The highest BCUT2D eigenvalue weighted by molar-refractivity contribution is 7.89. The highest BCUT2D eigenvalue weighted by Crippen LogP contribution is 2.24. The zero-order valence-electron chi connectivity index (χ0n) is 16.2. The molecule has 1 atom stereocenters. The minimum Gasteiger partial charge on any atom is -0.369 e. The first-order valence-corrected chi connectivity index (χ1v) is 11.0. The summed E-state index contributed by atoms with van der Waals surface area (Å²) in [4.78, 5) is 25.8. The summed E-state index contributed by atoms with van der Waals surface area (Å²) in [5.41, 5.74) is 5.62. The van der Waals surface area contributed by atoms with E-state index in [4.69, 9.17) is 17.3 Å². The van der Waals surface area contributed by atoms with Crippen molar-refractivity contribution in [1.82, 2.24) is 14.5 Å². The Kier molecular flexibility index (Phi) is 7.82. The second kappa shape index (κ2) is 9.69. The van der Waals surface area contributed by atoms with Gasteiger partial charge in [0.2, 0.25) is 15.9 Å². The van der Waals surface area contributed by atoms with Crippen molar-refractivity contribution >= 4 is 33.4 Å². The molecular weight excluding hydrogens is 404 g/mol. The Morgan fingerprint density at radius 2 is 2.07 bits per heavy atom. The van der Waals surface area contributed by atoms with Gasteiger partial charge in [0.05, 0.1) is 10.9 Å². The van der Waals surface area contributed by atoms with Crippen LogP contribution in [0.1, 0.15) is 29.6 Å². The van der Waals surface area contributed by atoms with Crippen molar-refractivity contribution in [2.45, 2.75) is 24.2 Å². The Morgan fingerprint density at radius 3 is 2.71 bits per heavy atom. The van der Waals surface area contributed by atoms with E-state index >= 15 is 0 Å². The number of piperidine rings is 1. The average Bonchev–Trinajstić information content (AvgIpc) is 2.65. The summed E-state index contributed by atoms with van der Waals surface area (Å²) in [6, 6.07) is 4.19. The van der Waals surface area contributed by atoms with Crippen molar-refractivity contribution in [3.63, 3.8) is 0 Å². The van der Waals surface area contributed by atoms with Crippen LogP contribution >= 0.6 is 11.6 Å². The number of likely N-dealkylation sites (tertiary alicyclic amines) is 1. The lowest BCUT2D eigenvalue weighted by atomic mass is 9.97. The molecule has 3 N–H and O–H groups in total. The van der Waals surface area contributed by atoms with E-state index < -0.39 is 10.0 Å². The first-order chi connectivity index (χ1) is 13.1. The van der Waals surface area contributed by atoms with Crippen LogP contribution in [0.3, 0.4) is 0 Å². The molecule has 2 amide bonds. The number of hydrogen-bond donors (Lipinski definition) is 2. The molecule has 0 aromatic heterocycles. The van der Waals surface area contributed by atoms with Gasteiger partial charge in [0.15, 0.2) is 0 Å². The minimum absolute atomic E-state index is 0.0688. The number of sulfonamides is 1. The number of amides is 2. The van der Waals surface area contributed by atoms with E-state index in [1.54, 1.807) is 0 Å². The molecule has 156 valence electrons. The fourth-order valence-electron chi connectivity index (χ4n) is 3.14. The lowest BCUT2D eigenvalue weighted by molar-refractivity contribution is -0.123. The fraction of sp³-hybridized carbons (Fsp3) is 0.556. The van der Waals surface area contributed by atoms with Crippen molar-refractivity contribution in [3.05, 3.63) is 28.8 Å². The Morgan fingerprint density at radius 1 is 1.36 bits per heavy atom. The molecule has 0 aliphatic carbocycles. The first kappa shape index (κ1) is 22.6. The van der Waals surface area contributed by atoms with Crippen molar-refractivity contribution in [2.75, 3.05) is 40.3 Å². The maximum Gasteiger partial charge on any atom is 0.251 e. The molecular formula is C18H27ClN4O4S. The monoisotopic (exact) mass is 430 g/mol. The summed E-state index contributed by atoms with van der Waals surface area (Å²) in [5, 5.41) is 2.86. The van der Waals surface area contributed by atoms with Crippen LogP contribution in [0.2, 0.25) is 5.02 Å².